The number of hydrogen-bond acceptors (Lipinski definition) is 2. The van der Waals surface area contributed by atoms with Crippen molar-refractivity contribution >= 4 is 5.91 Å². The van der Waals surface area contributed by atoms with Crippen LogP contribution in [0.5, 0.6) is 5.75 Å². The Morgan fingerprint density at radius 1 is 1.19 bits per heavy atom. The molecule has 0 atom stereocenters. The van der Waals surface area contributed by atoms with E-state index in [-0.39, 0.29) is 12.5 Å². The van der Waals surface area contributed by atoms with Gasteiger partial charge < -0.3 is 9.64 Å². The molecule has 0 aromatic heterocycles. The summed E-state index contributed by atoms with van der Waals surface area (Å²) in [4.78, 5) is 14.4. The quantitative estimate of drug-likeness (QED) is 0.823. The first-order chi connectivity index (χ1) is 10.1. The van der Waals surface area contributed by atoms with Gasteiger partial charge in [-0.2, -0.15) is 0 Å². The maximum Gasteiger partial charge on any atom is 0.260 e. The van der Waals surface area contributed by atoms with Crippen molar-refractivity contribution in [1.82, 2.24) is 4.90 Å². The second-order valence-electron chi connectivity index (χ2n) is 6.01. The van der Waals surface area contributed by atoms with Gasteiger partial charge in [-0.25, -0.2) is 0 Å². The first-order valence-electron chi connectivity index (χ1n) is 8.11. The molecule has 3 heteroatoms. The molecule has 2 rings (SSSR count). The lowest BCUT2D eigenvalue weighted by molar-refractivity contribution is -0.136. The SMILES string of the molecule is CCN(C(=O)COc1ccc(C)c(C)c1)C1CCCCC1. The molecule has 1 fully saturated rings. The zero-order valence-corrected chi connectivity index (χ0v) is 13.5. The minimum absolute atomic E-state index is 0.114. The average Bonchev–Trinajstić information content (AvgIpc) is 2.50. The van der Waals surface area contributed by atoms with Gasteiger partial charge in [-0.15, -0.1) is 0 Å². The van der Waals surface area contributed by atoms with Gasteiger partial charge in [0.15, 0.2) is 6.61 Å². The van der Waals surface area contributed by atoms with E-state index in [0.29, 0.717) is 6.04 Å². The van der Waals surface area contributed by atoms with Gasteiger partial charge in [0.1, 0.15) is 5.75 Å². The molecule has 1 aliphatic rings. The maximum absolute atomic E-state index is 12.4. The Bertz CT molecular complexity index is 478. The van der Waals surface area contributed by atoms with Gasteiger partial charge in [-0.1, -0.05) is 25.3 Å². The lowest BCUT2D eigenvalue weighted by Gasteiger charge is -2.33. The van der Waals surface area contributed by atoms with Crippen molar-refractivity contribution in [1.29, 1.82) is 0 Å². The van der Waals surface area contributed by atoms with E-state index in [2.05, 4.69) is 20.8 Å². The number of nitrogens with zero attached hydrogens (tertiary/aromatic N) is 1. The first kappa shape index (κ1) is 15.9. The third-order valence-electron chi connectivity index (χ3n) is 4.52. The minimum Gasteiger partial charge on any atom is -0.484 e. The molecule has 0 radical (unpaired) electrons. The normalized spacial score (nSPS) is 15.8. The standard InChI is InChI=1S/C18H27NO2/c1-4-19(16-8-6-5-7-9-16)18(20)13-21-17-11-10-14(2)15(3)12-17/h10-12,16H,4-9,13H2,1-3H3. The van der Waals surface area contributed by atoms with E-state index in [1.165, 1.54) is 30.4 Å². The Kier molecular flexibility index (Phi) is 5.66. The zero-order chi connectivity index (χ0) is 15.2. The van der Waals surface area contributed by atoms with Crippen molar-refractivity contribution < 1.29 is 9.53 Å². The van der Waals surface area contributed by atoms with Crippen molar-refractivity contribution in [2.75, 3.05) is 13.2 Å². The fourth-order valence-corrected chi connectivity index (χ4v) is 3.06. The molecular formula is C18H27NO2. The van der Waals surface area contributed by atoms with Gasteiger partial charge in [-0.3, -0.25) is 4.79 Å². The Morgan fingerprint density at radius 2 is 1.90 bits per heavy atom. The van der Waals surface area contributed by atoms with Crippen LogP contribution in [-0.4, -0.2) is 30.0 Å². The Balaban J connectivity index is 1.91. The summed E-state index contributed by atoms with van der Waals surface area (Å²) in [5.74, 6) is 0.897. The molecule has 0 N–H and O–H groups in total. The van der Waals surface area contributed by atoms with Crippen LogP contribution >= 0.6 is 0 Å². The zero-order valence-electron chi connectivity index (χ0n) is 13.5. The number of hydrogen-bond donors (Lipinski definition) is 0. The summed E-state index contributed by atoms with van der Waals surface area (Å²) < 4.78 is 5.69. The smallest absolute Gasteiger partial charge is 0.260 e. The Labute approximate surface area is 128 Å². The fourth-order valence-electron chi connectivity index (χ4n) is 3.06. The molecule has 1 amide bonds. The molecular weight excluding hydrogens is 262 g/mol. The molecule has 1 aromatic carbocycles. The van der Waals surface area contributed by atoms with Gasteiger partial charge in [0.25, 0.3) is 5.91 Å². The number of aryl methyl sites for hydroxylation is 2. The molecule has 1 saturated carbocycles. The Hall–Kier alpha value is -1.51. The Morgan fingerprint density at radius 3 is 2.52 bits per heavy atom. The molecule has 1 aliphatic carbocycles. The molecule has 1 aromatic rings. The number of likely N-dealkylation sites (N-methyl/N-ethyl adjacent to an activating group) is 1. The van der Waals surface area contributed by atoms with Crippen molar-refractivity contribution in [2.24, 2.45) is 0 Å². The summed E-state index contributed by atoms with van der Waals surface area (Å²) in [5, 5.41) is 0. The molecule has 0 heterocycles. The summed E-state index contributed by atoms with van der Waals surface area (Å²) in [7, 11) is 0. The largest absolute Gasteiger partial charge is 0.484 e. The molecule has 21 heavy (non-hydrogen) atoms. The minimum atomic E-state index is 0.114. The van der Waals surface area contributed by atoms with Crippen LogP contribution in [-0.2, 0) is 4.79 Å². The number of carbonyl (C=O) groups is 1. The van der Waals surface area contributed by atoms with Gasteiger partial charge >= 0.3 is 0 Å². The second kappa shape index (κ2) is 7.48. The van der Waals surface area contributed by atoms with E-state index in [1.54, 1.807) is 0 Å². The molecule has 0 aliphatic heterocycles. The van der Waals surface area contributed by atoms with Crippen molar-refractivity contribution in [2.45, 2.75) is 58.9 Å². The molecule has 0 spiro atoms. The van der Waals surface area contributed by atoms with E-state index in [0.717, 1.165) is 25.1 Å². The number of rotatable bonds is 5. The van der Waals surface area contributed by atoms with Crippen LogP contribution in [0.3, 0.4) is 0 Å². The molecule has 0 unspecified atom stereocenters. The highest BCUT2D eigenvalue weighted by Gasteiger charge is 2.24. The van der Waals surface area contributed by atoms with E-state index in [9.17, 15) is 4.79 Å². The van der Waals surface area contributed by atoms with Crippen LogP contribution in [0, 0.1) is 13.8 Å². The van der Waals surface area contributed by atoms with Crippen LogP contribution in [0.1, 0.15) is 50.2 Å². The molecule has 0 saturated heterocycles. The molecule has 116 valence electrons. The monoisotopic (exact) mass is 289 g/mol. The van der Waals surface area contributed by atoms with Gasteiger partial charge in [-0.05, 0) is 56.9 Å². The van der Waals surface area contributed by atoms with Crippen LogP contribution in [0.2, 0.25) is 0 Å². The predicted molar refractivity (Wildman–Crippen MR) is 85.7 cm³/mol. The fraction of sp³-hybridized carbons (Fsp3) is 0.611. The van der Waals surface area contributed by atoms with E-state index < -0.39 is 0 Å². The van der Waals surface area contributed by atoms with Crippen molar-refractivity contribution in [3.63, 3.8) is 0 Å². The summed E-state index contributed by atoms with van der Waals surface area (Å²) >= 11 is 0. The highest BCUT2D eigenvalue weighted by molar-refractivity contribution is 5.78. The summed E-state index contributed by atoms with van der Waals surface area (Å²) in [6.07, 6.45) is 6.08. The molecule has 0 bridgehead atoms. The lowest BCUT2D eigenvalue weighted by atomic mass is 9.94. The highest BCUT2D eigenvalue weighted by atomic mass is 16.5. The number of ether oxygens (including phenoxy) is 1. The topological polar surface area (TPSA) is 29.5 Å². The van der Waals surface area contributed by atoms with E-state index >= 15 is 0 Å². The van der Waals surface area contributed by atoms with Gasteiger partial charge in [0.05, 0.1) is 0 Å². The van der Waals surface area contributed by atoms with Gasteiger partial charge in [0.2, 0.25) is 0 Å². The van der Waals surface area contributed by atoms with Crippen molar-refractivity contribution in [3.05, 3.63) is 29.3 Å². The lowest BCUT2D eigenvalue weighted by Crippen LogP contribution is -2.43. The third kappa shape index (κ3) is 4.23. The van der Waals surface area contributed by atoms with Crippen LogP contribution in [0.4, 0.5) is 0 Å². The summed E-state index contributed by atoms with van der Waals surface area (Å²) in [6, 6.07) is 6.39. The number of carbonyl (C=O) groups excluding carboxylic acids is 1. The van der Waals surface area contributed by atoms with Gasteiger partial charge in [0, 0.05) is 12.6 Å². The second-order valence-corrected chi connectivity index (χ2v) is 6.01. The summed E-state index contributed by atoms with van der Waals surface area (Å²) in [6.45, 7) is 7.12. The number of benzene rings is 1. The first-order valence-corrected chi connectivity index (χ1v) is 8.11. The maximum atomic E-state index is 12.4. The van der Waals surface area contributed by atoms with Crippen molar-refractivity contribution in [3.8, 4) is 5.75 Å². The number of amides is 1. The van der Waals surface area contributed by atoms with Crippen LogP contribution in [0.15, 0.2) is 18.2 Å². The average molecular weight is 289 g/mol. The molecule has 3 nitrogen and oxygen atoms in total. The van der Waals surface area contributed by atoms with Crippen LogP contribution in [0.25, 0.3) is 0 Å². The van der Waals surface area contributed by atoms with E-state index in [4.69, 9.17) is 4.74 Å². The summed E-state index contributed by atoms with van der Waals surface area (Å²) in [5.41, 5.74) is 2.44. The third-order valence-corrected chi connectivity index (χ3v) is 4.52. The highest BCUT2D eigenvalue weighted by Crippen LogP contribution is 2.23. The van der Waals surface area contributed by atoms with E-state index in [1.807, 2.05) is 23.1 Å². The predicted octanol–water partition coefficient (Wildman–Crippen LogP) is 3.86. The van der Waals surface area contributed by atoms with Crippen LogP contribution < -0.4 is 4.74 Å².